The summed E-state index contributed by atoms with van der Waals surface area (Å²) in [5, 5.41) is 3.46. The van der Waals surface area contributed by atoms with Gasteiger partial charge in [0, 0.05) is 12.0 Å². The molecule has 0 spiro atoms. The lowest BCUT2D eigenvalue weighted by molar-refractivity contribution is 0.408. The molecule has 0 radical (unpaired) electrons. The fourth-order valence-corrected chi connectivity index (χ4v) is 3.03. The topological polar surface area (TPSA) is 21.3 Å². The lowest BCUT2D eigenvalue weighted by Crippen LogP contribution is -2.31. The highest BCUT2D eigenvalue weighted by Crippen LogP contribution is 2.43. The zero-order valence-electron chi connectivity index (χ0n) is 11.4. The van der Waals surface area contributed by atoms with Gasteiger partial charge in [-0.2, -0.15) is 0 Å². The molecule has 2 atom stereocenters. The molecule has 2 heteroatoms. The maximum Gasteiger partial charge on any atom is 0.119 e. The highest BCUT2D eigenvalue weighted by atomic mass is 16.5. The van der Waals surface area contributed by atoms with Gasteiger partial charge in [-0.1, -0.05) is 36.4 Å². The smallest absolute Gasteiger partial charge is 0.119 e. The Balaban J connectivity index is 1.90. The van der Waals surface area contributed by atoms with E-state index in [0.717, 1.165) is 12.2 Å². The minimum atomic E-state index is 0.352. The summed E-state index contributed by atoms with van der Waals surface area (Å²) in [6.45, 7) is 0. The highest BCUT2D eigenvalue weighted by molar-refractivity contribution is 5.44. The van der Waals surface area contributed by atoms with Crippen LogP contribution in [-0.4, -0.2) is 14.2 Å². The van der Waals surface area contributed by atoms with E-state index in [1.54, 1.807) is 7.11 Å². The summed E-state index contributed by atoms with van der Waals surface area (Å²) in [6, 6.07) is 17.4. The standard InChI is InChI=1S/C17H19NO/c1-18-17(13-7-5-8-14(10-13)19-2)16-11-12-6-3-4-9-15(12)16/h3-10,16-18H,11H2,1-2H3. The molecule has 3 rings (SSSR count). The third-order valence-electron chi connectivity index (χ3n) is 4.06. The van der Waals surface area contributed by atoms with E-state index in [-0.39, 0.29) is 0 Å². The van der Waals surface area contributed by atoms with Crippen LogP contribution < -0.4 is 10.1 Å². The number of hydrogen-bond acceptors (Lipinski definition) is 2. The fraction of sp³-hybridized carbons (Fsp3) is 0.294. The van der Waals surface area contributed by atoms with Crippen molar-refractivity contribution in [3.63, 3.8) is 0 Å². The van der Waals surface area contributed by atoms with Gasteiger partial charge in [0.1, 0.15) is 5.75 Å². The molecule has 0 saturated heterocycles. The Hall–Kier alpha value is -1.80. The molecule has 19 heavy (non-hydrogen) atoms. The number of hydrogen-bond donors (Lipinski definition) is 1. The van der Waals surface area contributed by atoms with Gasteiger partial charge in [-0.15, -0.1) is 0 Å². The Labute approximate surface area is 114 Å². The molecule has 1 aliphatic carbocycles. The van der Waals surface area contributed by atoms with Crippen LogP contribution in [0.25, 0.3) is 0 Å². The van der Waals surface area contributed by atoms with Crippen LogP contribution in [0.5, 0.6) is 5.75 Å². The van der Waals surface area contributed by atoms with Gasteiger partial charge in [0.2, 0.25) is 0 Å². The van der Waals surface area contributed by atoms with Crippen molar-refractivity contribution in [3.8, 4) is 5.75 Å². The normalized spacial score (nSPS) is 18.3. The first-order valence-corrected chi connectivity index (χ1v) is 6.72. The zero-order chi connectivity index (χ0) is 13.2. The molecule has 2 aromatic carbocycles. The van der Waals surface area contributed by atoms with Gasteiger partial charge in [-0.25, -0.2) is 0 Å². The summed E-state index contributed by atoms with van der Waals surface area (Å²) in [5.41, 5.74) is 4.25. The largest absolute Gasteiger partial charge is 0.497 e. The van der Waals surface area contributed by atoms with E-state index < -0.39 is 0 Å². The quantitative estimate of drug-likeness (QED) is 0.902. The van der Waals surface area contributed by atoms with Gasteiger partial charge in [-0.3, -0.25) is 0 Å². The molecule has 0 bridgehead atoms. The van der Waals surface area contributed by atoms with Crippen LogP contribution in [0.3, 0.4) is 0 Å². The summed E-state index contributed by atoms with van der Waals surface area (Å²) >= 11 is 0. The monoisotopic (exact) mass is 253 g/mol. The third-order valence-corrected chi connectivity index (χ3v) is 4.06. The summed E-state index contributed by atoms with van der Waals surface area (Å²) in [4.78, 5) is 0. The molecule has 0 aliphatic heterocycles. The van der Waals surface area contributed by atoms with Crippen LogP contribution in [0.15, 0.2) is 48.5 Å². The summed E-state index contributed by atoms with van der Waals surface area (Å²) in [6.07, 6.45) is 1.15. The van der Waals surface area contributed by atoms with Gasteiger partial charge < -0.3 is 10.1 Å². The SMILES string of the molecule is CNC(c1cccc(OC)c1)C1Cc2ccccc21. The van der Waals surface area contributed by atoms with Crippen LogP contribution in [0, 0.1) is 0 Å². The lowest BCUT2D eigenvalue weighted by Gasteiger charge is -2.36. The Morgan fingerprint density at radius 3 is 2.74 bits per heavy atom. The molecular weight excluding hydrogens is 234 g/mol. The van der Waals surface area contributed by atoms with E-state index in [2.05, 4.69) is 47.8 Å². The van der Waals surface area contributed by atoms with Crippen LogP contribution in [0.4, 0.5) is 0 Å². The Bertz CT molecular complexity index is 579. The first-order valence-electron chi connectivity index (χ1n) is 6.72. The molecule has 0 aromatic heterocycles. The minimum absolute atomic E-state index is 0.352. The maximum atomic E-state index is 5.32. The van der Waals surface area contributed by atoms with Crippen LogP contribution >= 0.6 is 0 Å². The third kappa shape index (κ3) is 2.13. The van der Waals surface area contributed by atoms with Crippen molar-refractivity contribution in [2.24, 2.45) is 0 Å². The van der Waals surface area contributed by atoms with E-state index in [4.69, 9.17) is 4.74 Å². The van der Waals surface area contributed by atoms with Crippen molar-refractivity contribution >= 4 is 0 Å². The molecule has 0 amide bonds. The molecule has 2 nitrogen and oxygen atoms in total. The lowest BCUT2D eigenvalue weighted by atomic mass is 9.72. The molecule has 0 fully saturated rings. The van der Waals surface area contributed by atoms with Gasteiger partial charge in [0.25, 0.3) is 0 Å². The van der Waals surface area contributed by atoms with E-state index in [1.807, 2.05) is 13.1 Å². The predicted octanol–water partition coefficient (Wildman–Crippen LogP) is 3.30. The van der Waals surface area contributed by atoms with E-state index >= 15 is 0 Å². The van der Waals surface area contributed by atoms with Gasteiger partial charge in [0.15, 0.2) is 0 Å². The van der Waals surface area contributed by atoms with Crippen LogP contribution in [-0.2, 0) is 6.42 Å². The first-order chi connectivity index (χ1) is 9.33. The highest BCUT2D eigenvalue weighted by Gasteiger charge is 2.32. The van der Waals surface area contributed by atoms with Crippen LogP contribution in [0.2, 0.25) is 0 Å². The van der Waals surface area contributed by atoms with E-state index in [1.165, 1.54) is 16.7 Å². The predicted molar refractivity (Wildman–Crippen MR) is 77.7 cm³/mol. The molecule has 0 heterocycles. The van der Waals surface area contributed by atoms with Gasteiger partial charge in [0.05, 0.1) is 7.11 Å². The first kappa shape index (κ1) is 12.2. The fourth-order valence-electron chi connectivity index (χ4n) is 3.03. The molecule has 1 aliphatic rings. The van der Waals surface area contributed by atoms with Gasteiger partial charge in [-0.05, 0) is 42.3 Å². The van der Waals surface area contributed by atoms with E-state index in [9.17, 15) is 0 Å². The van der Waals surface area contributed by atoms with Crippen molar-refractivity contribution in [2.45, 2.75) is 18.4 Å². The van der Waals surface area contributed by atoms with Crippen molar-refractivity contribution in [3.05, 3.63) is 65.2 Å². The number of benzene rings is 2. The van der Waals surface area contributed by atoms with Crippen LogP contribution in [0.1, 0.15) is 28.7 Å². The summed E-state index contributed by atoms with van der Waals surface area (Å²) < 4.78 is 5.32. The van der Waals surface area contributed by atoms with Crippen molar-refractivity contribution in [1.82, 2.24) is 5.32 Å². The molecule has 0 saturated carbocycles. The Kier molecular flexibility index (Phi) is 3.26. The average molecular weight is 253 g/mol. The Morgan fingerprint density at radius 2 is 2.00 bits per heavy atom. The van der Waals surface area contributed by atoms with Crippen molar-refractivity contribution < 1.29 is 4.74 Å². The number of nitrogens with one attached hydrogen (secondary N) is 1. The summed E-state index contributed by atoms with van der Waals surface area (Å²) in [7, 11) is 3.75. The zero-order valence-corrected chi connectivity index (χ0v) is 11.4. The maximum absolute atomic E-state index is 5.32. The van der Waals surface area contributed by atoms with E-state index in [0.29, 0.717) is 12.0 Å². The summed E-state index contributed by atoms with van der Waals surface area (Å²) in [5.74, 6) is 1.48. The minimum Gasteiger partial charge on any atom is -0.497 e. The molecule has 2 unspecified atom stereocenters. The number of rotatable bonds is 4. The number of likely N-dealkylation sites (N-methyl/N-ethyl adjacent to an activating group) is 1. The second kappa shape index (κ2) is 5.06. The number of fused-ring (bicyclic) bond motifs is 1. The van der Waals surface area contributed by atoms with Gasteiger partial charge >= 0.3 is 0 Å². The molecular formula is C17H19NO. The molecule has 2 aromatic rings. The Morgan fingerprint density at radius 1 is 1.16 bits per heavy atom. The second-order valence-corrected chi connectivity index (χ2v) is 5.05. The molecule has 98 valence electrons. The number of ether oxygens (including phenoxy) is 1. The van der Waals surface area contributed by atoms with Crippen molar-refractivity contribution in [1.29, 1.82) is 0 Å². The number of methoxy groups -OCH3 is 1. The molecule has 1 N–H and O–H groups in total. The average Bonchev–Trinajstić information content (AvgIpc) is 2.45. The second-order valence-electron chi connectivity index (χ2n) is 5.05. The van der Waals surface area contributed by atoms with Crippen molar-refractivity contribution in [2.75, 3.05) is 14.2 Å².